The van der Waals surface area contributed by atoms with Crippen LogP contribution < -0.4 is 5.73 Å². The Hall–Kier alpha value is -0.540. The molecule has 0 radical (unpaired) electrons. The molecule has 1 aromatic rings. The van der Waals surface area contributed by atoms with E-state index < -0.39 is 5.91 Å². The first-order chi connectivity index (χ1) is 4.70. The molecule has 0 aromatic heterocycles. The van der Waals surface area contributed by atoms with Gasteiger partial charge in [0.2, 0.25) is 5.91 Å². The number of rotatable bonds is 1. The highest BCUT2D eigenvalue weighted by atomic mass is 79.9. The maximum atomic E-state index is 10.6. The van der Waals surface area contributed by atoms with Crippen molar-refractivity contribution in [3.63, 3.8) is 0 Å². The molecule has 11 heavy (non-hydrogen) atoms. The van der Waals surface area contributed by atoms with E-state index in [0.29, 0.717) is 5.56 Å². The van der Waals surface area contributed by atoms with Gasteiger partial charge in [-0.1, -0.05) is 22.0 Å². The highest BCUT2D eigenvalue weighted by Crippen LogP contribution is 2.10. The number of halogens is 2. The van der Waals surface area contributed by atoms with Gasteiger partial charge in [0.1, 0.15) is 0 Å². The average molecular weight is 236 g/mol. The van der Waals surface area contributed by atoms with Crippen LogP contribution in [0.4, 0.5) is 0 Å². The maximum absolute atomic E-state index is 10.6. The number of benzene rings is 1. The van der Waals surface area contributed by atoms with Crippen LogP contribution in [0.5, 0.6) is 0 Å². The summed E-state index contributed by atoms with van der Waals surface area (Å²) >= 11 is 3.22. The monoisotopic (exact) mass is 235 g/mol. The van der Waals surface area contributed by atoms with Gasteiger partial charge in [-0.05, 0) is 18.2 Å². The minimum atomic E-state index is -0.402. The summed E-state index contributed by atoms with van der Waals surface area (Å²) in [4.78, 5) is 10.6. The minimum absolute atomic E-state index is 0. The van der Waals surface area contributed by atoms with Crippen molar-refractivity contribution in [2.24, 2.45) is 5.73 Å². The predicted octanol–water partition coefficient (Wildman–Crippen LogP) is 1.97. The molecule has 0 fully saturated rings. The first-order valence-electron chi connectivity index (χ1n) is 2.75. The van der Waals surface area contributed by atoms with Gasteiger partial charge in [-0.25, -0.2) is 0 Å². The van der Waals surface area contributed by atoms with Gasteiger partial charge in [0.15, 0.2) is 0 Å². The van der Waals surface area contributed by atoms with Crippen molar-refractivity contribution in [1.29, 1.82) is 0 Å². The standard InChI is InChI=1S/C7H6BrNO.ClH/c8-6-3-1-2-5(4-6)7(9)10;/h1-4H,(H2,9,10);1H. The van der Waals surface area contributed by atoms with Gasteiger partial charge in [0.05, 0.1) is 0 Å². The second-order valence-corrected chi connectivity index (χ2v) is 2.79. The van der Waals surface area contributed by atoms with Crippen LogP contribution in [0.25, 0.3) is 0 Å². The van der Waals surface area contributed by atoms with Crippen molar-refractivity contribution < 1.29 is 4.79 Å². The molecule has 0 atom stereocenters. The normalized spacial score (nSPS) is 8.45. The molecule has 0 saturated heterocycles. The van der Waals surface area contributed by atoms with E-state index in [2.05, 4.69) is 15.9 Å². The summed E-state index contributed by atoms with van der Waals surface area (Å²) in [7, 11) is 0. The zero-order chi connectivity index (χ0) is 7.56. The third-order valence-corrected chi connectivity index (χ3v) is 1.60. The summed E-state index contributed by atoms with van der Waals surface area (Å²) in [5.41, 5.74) is 5.55. The molecule has 0 bridgehead atoms. The van der Waals surface area contributed by atoms with Gasteiger partial charge in [0.25, 0.3) is 0 Å². The molecule has 1 amide bonds. The van der Waals surface area contributed by atoms with Crippen molar-refractivity contribution in [2.75, 3.05) is 0 Å². The van der Waals surface area contributed by atoms with Crippen molar-refractivity contribution in [3.05, 3.63) is 34.3 Å². The third kappa shape index (κ3) is 2.91. The van der Waals surface area contributed by atoms with Gasteiger partial charge in [0, 0.05) is 10.0 Å². The molecule has 0 aliphatic carbocycles. The maximum Gasteiger partial charge on any atom is 0.248 e. The lowest BCUT2D eigenvalue weighted by molar-refractivity contribution is 0.100. The Morgan fingerprint density at radius 1 is 1.45 bits per heavy atom. The molecule has 0 heterocycles. The highest BCUT2D eigenvalue weighted by molar-refractivity contribution is 9.10. The van der Waals surface area contributed by atoms with Crippen LogP contribution in [-0.4, -0.2) is 5.91 Å². The zero-order valence-electron chi connectivity index (χ0n) is 5.58. The number of carbonyl (C=O) groups is 1. The van der Waals surface area contributed by atoms with E-state index in [9.17, 15) is 4.79 Å². The molecule has 0 aliphatic rings. The van der Waals surface area contributed by atoms with Crippen molar-refractivity contribution in [2.45, 2.75) is 0 Å². The lowest BCUT2D eigenvalue weighted by Crippen LogP contribution is -2.10. The van der Waals surface area contributed by atoms with Gasteiger partial charge < -0.3 is 5.73 Å². The number of primary amides is 1. The molecule has 2 nitrogen and oxygen atoms in total. The fourth-order valence-corrected chi connectivity index (χ4v) is 1.04. The lowest BCUT2D eigenvalue weighted by Gasteiger charge is -1.93. The minimum Gasteiger partial charge on any atom is -0.366 e. The lowest BCUT2D eigenvalue weighted by atomic mass is 10.2. The Morgan fingerprint density at radius 2 is 2.09 bits per heavy atom. The highest BCUT2D eigenvalue weighted by Gasteiger charge is 1.97. The number of hydrogen-bond acceptors (Lipinski definition) is 1. The Labute approximate surface area is 79.3 Å². The third-order valence-electron chi connectivity index (χ3n) is 1.11. The summed E-state index contributed by atoms with van der Waals surface area (Å²) in [5, 5.41) is 0. The van der Waals surface area contributed by atoms with Crippen LogP contribution in [-0.2, 0) is 0 Å². The fraction of sp³-hybridized carbons (Fsp3) is 0. The predicted molar refractivity (Wildman–Crippen MR) is 49.9 cm³/mol. The second-order valence-electron chi connectivity index (χ2n) is 1.87. The number of amides is 1. The molecule has 0 unspecified atom stereocenters. The average Bonchev–Trinajstić information content (AvgIpc) is 1.88. The van der Waals surface area contributed by atoms with Crippen LogP contribution in [0.1, 0.15) is 10.4 Å². The Morgan fingerprint density at radius 3 is 2.45 bits per heavy atom. The van der Waals surface area contributed by atoms with E-state index in [4.69, 9.17) is 5.73 Å². The van der Waals surface area contributed by atoms with Crippen molar-refractivity contribution in [3.8, 4) is 0 Å². The topological polar surface area (TPSA) is 43.1 Å². The van der Waals surface area contributed by atoms with E-state index in [1.165, 1.54) is 0 Å². The molecule has 60 valence electrons. The molecule has 1 rings (SSSR count). The second kappa shape index (κ2) is 4.36. The summed E-state index contributed by atoms with van der Waals surface area (Å²) in [6.07, 6.45) is 0. The summed E-state index contributed by atoms with van der Waals surface area (Å²) in [6, 6.07) is 6.96. The van der Waals surface area contributed by atoms with Crippen LogP contribution in [0.15, 0.2) is 28.7 Å². The van der Waals surface area contributed by atoms with Crippen LogP contribution in [0.3, 0.4) is 0 Å². The molecule has 1 aromatic carbocycles. The Kier molecular flexibility index (Phi) is 4.15. The number of hydrogen-bond donors (Lipinski definition) is 1. The smallest absolute Gasteiger partial charge is 0.248 e. The Bertz CT molecular complexity index is 264. The van der Waals surface area contributed by atoms with Crippen LogP contribution in [0, 0.1) is 0 Å². The number of nitrogens with two attached hydrogens (primary N) is 1. The quantitative estimate of drug-likeness (QED) is 0.796. The first-order valence-corrected chi connectivity index (χ1v) is 3.55. The van der Waals surface area contributed by atoms with E-state index in [1.807, 2.05) is 6.07 Å². The summed E-state index contributed by atoms with van der Waals surface area (Å²) in [6.45, 7) is 0. The molecule has 4 heteroatoms. The molecular weight excluding hydrogens is 229 g/mol. The van der Waals surface area contributed by atoms with Crippen molar-refractivity contribution in [1.82, 2.24) is 0 Å². The number of carbonyl (C=O) groups excluding carboxylic acids is 1. The van der Waals surface area contributed by atoms with E-state index >= 15 is 0 Å². The largest absolute Gasteiger partial charge is 0.366 e. The summed E-state index contributed by atoms with van der Waals surface area (Å²) < 4.78 is 0.865. The molecule has 2 N–H and O–H groups in total. The van der Waals surface area contributed by atoms with E-state index in [1.54, 1.807) is 18.2 Å². The van der Waals surface area contributed by atoms with Crippen molar-refractivity contribution >= 4 is 34.2 Å². The first kappa shape index (κ1) is 10.5. The summed E-state index contributed by atoms with van der Waals surface area (Å²) in [5.74, 6) is -0.402. The van der Waals surface area contributed by atoms with Gasteiger partial charge >= 0.3 is 0 Å². The van der Waals surface area contributed by atoms with Crippen LogP contribution >= 0.6 is 28.3 Å². The van der Waals surface area contributed by atoms with Gasteiger partial charge in [-0.3, -0.25) is 4.79 Å². The van der Waals surface area contributed by atoms with Gasteiger partial charge in [-0.2, -0.15) is 0 Å². The Balaban J connectivity index is 0.000001000. The van der Waals surface area contributed by atoms with E-state index in [-0.39, 0.29) is 12.4 Å². The molecule has 0 aliphatic heterocycles. The molecule has 0 saturated carbocycles. The zero-order valence-corrected chi connectivity index (χ0v) is 7.98. The SMILES string of the molecule is Cl.NC(=O)c1cccc(Br)c1. The molecule has 0 spiro atoms. The van der Waals surface area contributed by atoms with Gasteiger partial charge in [-0.15, -0.1) is 12.4 Å². The van der Waals surface area contributed by atoms with E-state index in [0.717, 1.165) is 4.47 Å². The van der Waals surface area contributed by atoms with Crippen LogP contribution in [0.2, 0.25) is 0 Å². The molecular formula is C7H7BrClNO. The fourth-order valence-electron chi connectivity index (χ4n) is 0.642.